The average Bonchev–Trinajstić information content (AvgIpc) is 2.17. The Balaban J connectivity index is 3.51. The Morgan fingerprint density at radius 2 is 2.13 bits per heavy atom. The van der Waals surface area contributed by atoms with Crippen LogP contribution in [0, 0.1) is 0 Å². The standard InChI is InChI=1S/C11H24N2OS/c1-5-6-7-12-11(15)13(4)8-9-14-10(2)3/h10H,5-9H2,1-4H3,(H,12,15). The quantitative estimate of drug-likeness (QED) is 0.536. The summed E-state index contributed by atoms with van der Waals surface area (Å²) < 4.78 is 5.46. The van der Waals surface area contributed by atoms with Gasteiger partial charge in [0.15, 0.2) is 5.11 Å². The third kappa shape index (κ3) is 8.63. The van der Waals surface area contributed by atoms with Gasteiger partial charge in [0.25, 0.3) is 0 Å². The van der Waals surface area contributed by atoms with E-state index in [-0.39, 0.29) is 0 Å². The Bertz CT molecular complexity index is 174. The minimum Gasteiger partial charge on any atom is -0.377 e. The molecule has 0 fully saturated rings. The molecule has 4 heteroatoms. The molecule has 90 valence electrons. The van der Waals surface area contributed by atoms with Crippen molar-refractivity contribution >= 4 is 17.3 Å². The molecule has 0 aliphatic carbocycles. The summed E-state index contributed by atoms with van der Waals surface area (Å²) in [6.07, 6.45) is 2.65. The molecule has 15 heavy (non-hydrogen) atoms. The van der Waals surface area contributed by atoms with Gasteiger partial charge >= 0.3 is 0 Å². The van der Waals surface area contributed by atoms with Crippen LogP contribution in [0.25, 0.3) is 0 Å². The van der Waals surface area contributed by atoms with Gasteiger partial charge in [-0.05, 0) is 32.5 Å². The predicted molar refractivity (Wildman–Crippen MR) is 69.2 cm³/mol. The van der Waals surface area contributed by atoms with Crippen LogP contribution in [0.4, 0.5) is 0 Å². The van der Waals surface area contributed by atoms with Gasteiger partial charge in [-0.2, -0.15) is 0 Å². The zero-order valence-electron chi connectivity index (χ0n) is 10.4. The number of unbranched alkanes of at least 4 members (excludes halogenated alkanes) is 1. The van der Waals surface area contributed by atoms with E-state index < -0.39 is 0 Å². The first-order chi connectivity index (χ1) is 7.07. The molecule has 1 N–H and O–H groups in total. The zero-order chi connectivity index (χ0) is 11.7. The molecule has 0 aromatic carbocycles. The van der Waals surface area contributed by atoms with E-state index in [0.29, 0.717) is 6.10 Å². The van der Waals surface area contributed by atoms with Gasteiger partial charge in [0.1, 0.15) is 0 Å². The SMILES string of the molecule is CCCCNC(=S)N(C)CCOC(C)C. The Morgan fingerprint density at radius 1 is 1.47 bits per heavy atom. The van der Waals surface area contributed by atoms with Crippen molar-refractivity contribution in [1.82, 2.24) is 10.2 Å². The van der Waals surface area contributed by atoms with Gasteiger partial charge in [-0.25, -0.2) is 0 Å². The lowest BCUT2D eigenvalue weighted by molar-refractivity contribution is 0.0724. The molecule has 0 amide bonds. The lowest BCUT2D eigenvalue weighted by atomic mass is 10.3. The van der Waals surface area contributed by atoms with Crippen molar-refractivity contribution in [2.75, 3.05) is 26.7 Å². The predicted octanol–water partition coefficient (Wildman–Crippen LogP) is 2.02. The van der Waals surface area contributed by atoms with Crippen molar-refractivity contribution in [3.05, 3.63) is 0 Å². The summed E-state index contributed by atoms with van der Waals surface area (Å²) in [6, 6.07) is 0. The summed E-state index contributed by atoms with van der Waals surface area (Å²) in [5.41, 5.74) is 0. The summed E-state index contributed by atoms with van der Waals surface area (Å²) >= 11 is 5.23. The van der Waals surface area contributed by atoms with Crippen LogP contribution < -0.4 is 5.32 Å². The largest absolute Gasteiger partial charge is 0.377 e. The number of likely N-dealkylation sites (N-methyl/N-ethyl adjacent to an activating group) is 1. The molecule has 0 atom stereocenters. The smallest absolute Gasteiger partial charge is 0.168 e. The van der Waals surface area contributed by atoms with Crippen molar-refractivity contribution in [3.8, 4) is 0 Å². The summed E-state index contributed by atoms with van der Waals surface area (Å²) in [5, 5.41) is 4.04. The van der Waals surface area contributed by atoms with Gasteiger partial charge < -0.3 is 15.0 Å². The number of hydrogen-bond acceptors (Lipinski definition) is 2. The molecule has 0 spiro atoms. The van der Waals surface area contributed by atoms with Crippen molar-refractivity contribution in [2.24, 2.45) is 0 Å². The van der Waals surface area contributed by atoms with Gasteiger partial charge in [0.2, 0.25) is 0 Å². The van der Waals surface area contributed by atoms with E-state index in [4.69, 9.17) is 17.0 Å². The fourth-order valence-electron chi connectivity index (χ4n) is 1.03. The monoisotopic (exact) mass is 232 g/mol. The van der Waals surface area contributed by atoms with Gasteiger partial charge in [0, 0.05) is 20.1 Å². The molecule has 0 aliphatic rings. The summed E-state index contributed by atoms with van der Waals surface area (Å²) in [5.74, 6) is 0. The summed E-state index contributed by atoms with van der Waals surface area (Å²) in [4.78, 5) is 2.02. The lowest BCUT2D eigenvalue weighted by Crippen LogP contribution is -2.39. The van der Waals surface area contributed by atoms with Gasteiger partial charge in [-0.1, -0.05) is 13.3 Å². The van der Waals surface area contributed by atoms with Gasteiger partial charge in [-0.15, -0.1) is 0 Å². The first-order valence-corrected chi connectivity index (χ1v) is 6.09. The van der Waals surface area contributed by atoms with Crippen molar-refractivity contribution in [3.63, 3.8) is 0 Å². The summed E-state index contributed by atoms with van der Waals surface area (Å²) in [7, 11) is 1.99. The molecule has 3 nitrogen and oxygen atoms in total. The molecule has 0 aromatic rings. The highest BCUT2D eigenvalue weighted by Crippen LogP contribution is 1.91. The maximum absolute atomic E-state index is 5.46. The van der Waals surface area contributed by atoms with Crippen molar-refractivity contribution in [2.45, 2.75) is 39.7 Å². The van der Waals surface area contributed by atoms with E-state index in [9.17, 15) is 0 Å². The lowest BCUT2D eigenvalue weighted by Gasteiger charge is -2.21. The number of hydrogen-bond donors (Lipinski definition) is 1. The van der Waals surface area contributed by atoms with E-state index >= 15 is 0 Å². The molecule has 0 aromatic heterocycles. The maximum atomic E-state index is 5.46. The van der Waals surface area contributed by atoms with Crippen LogP contribution in [0.15, 0.2) is 0 Å². The molecule has 0 bridgehead atoms. The second-order valence-corrected chi connectivity index (χ2v) is 4.31. The molecule has 0 saturated heterocycles. The van der Waals surface area contributed by atoms with Crippen LogP contribution in [0.5, 0.6) is 0 Å². The van der Waals surface area contributed by atoms with E-state index in [1.165, 1.54) is 6.42 Å². The average molecular weight is 232 g/mol. The van der Waals surface area contributed by atoms with Crippen LogP contribution in [0.3, 0.4) is 0 Å². The summed E-state index contributed by atoms with van der Waals surface area (Å²) in [6.45, 7) is 8.78. The third-order valence-electron chi connectivity index (χ3n) is 2.03. The minimum atomic E-state index is 0.292. The molecule has 0 heterocycles. The molecule has 0 saturated carbocycles. The molecule has 0 unspecified atom stereocenters. The highest BCUT2D eigenvalue weighted by molar-refractivity contribution is 7.80. The first-order valence-electron chi connectivity index (χ1n) is 5.68. The van der Waals surface area contributed by atoms with Crippen molar-refractivity contribution in [1.29, 1.82) is 0 Å². The van der Waals surface area contributed by atoms with Crippen LogP contribution >= 0.6 is 12.2 Å². The normalized spacial score (nSPS) is 10.5. The van der Waals surface area contributed by atoms with Crippen LogP contribution in [0.2, 0.25) is 0 Å². The fraction of sp³-hybridized carbons (Fsp3) is 0.909. The van der Waals surface area contributed by atoms with Gasteiger partial charge in [-0.3, -0.25) is 0 Å². The fourth-order valence-corrected chi connectivity index (χ4v) is 1.23. The Morgan fingerprint density at radius 3 is 2.67 bits per heavy atom. The van der Waals surface area contributed by atoms with E-state index in [1.54, 1.807) is 0 Å². The Kier molecular flexibility index (Phi) is 8.71. The number of rotatable bonds is 7. The van der Waals surface area contributed by atoms with Crippen LogP contribution in [-0.2, 0) is 4.74 Å². The number of nitrogens with one attached hydrogen (secondary N) is 1. The second-order valence-electron chi connectivity index (χ2n) is 3.93. The number of ether oxygens (including phenoxy) is 1. The van der Waals surface area contributed by atoms with E-state index in [1.807, 2.05) is 25.8 Å². The topological polar surface area (TPSA) is 24.5 Å². The minimum absolute atomic E-state index is 0.292. The number of thiocarbonyl (C=S) groups is 1. The highest BCUT2D eigenvalue weighted by atomic mass is 32.1. The first kappa shape index (κ1) is 14.6. The molecular weight excluding hydrogens is 208 g/mol. The third-order valence-corrected chi connectivity index (χ3v) is 2.49. The van der Waals surface area contributed by atoms with E-state index in [0.717, 1.165) is 31.2 Å². The molecule has 0 radical (unpaired) electrons. The van der Waals surface area contributed by atoms with E-state index in [2.05, 4.69) is 12.2 Å². The van der Waals surface area contributed by atoms with Gasteiger partial charge in [0.05, 0.1) is 12.7 Å². The van der Waals surface area contributed by atoms with Crippen LogP contribution in [-0.4, -0.2) is 42.9 Å². The molecule has 0 rings (SSSR count). The highest BCUT2D eigenvalue weighted by Gasteiger charge is 2.03. The Labute approximate surface area is 99.2 Å². The molecular formula is C11H24N2OS. The van der Waals surface area contributed by atoms with Crippen LogP contribution in [0.1, 0.15) is 33.6 Å². The zero-order valence-corrected chi connectivity index (χ0v) is 11.2. The maximum Gasteiger partial charge on any atom is 0.168 e. The second kappa shape index (κ2) is 8.92. The van der Waals surface area contributed by atoms with Crippen molar-refractivity contribution < 1.29 is 4.74 Å². The molecule has 0 aliphatic heterocycles. The Hall–Kier alpha value is -0.350. The number of nitrogens with zero attached hydrogens (tertiary/aromatic N) is 1.